The Bertz CT molecular complexity index is 1930. The highest BCUT2D eigenvalue weighted by molar-refractivity contribution is 5.94. The number of nitrogens with one attached hydrogen (secondary N) is 1. The van der Waals surface area contributed by atoms with Gasteiger partial charge >= 0.3 is 5.69 Å². The number of carbonyl (C=O) groups is 1. The van der Waals surface area contributed by atoms with Gasteiger partial charge in [-0.05, 0) is 85.0 Å². The first-order chi connectivity index (χ1) is 20.3. The van der Waals surface area contributed by atoms with Crippen LogP contribution < -0.4 is 26.0 Å². The number of nitrogens with zero attached hydrogens (tertiary/aromatic N) is 2. The molecule has 0 radical (unpaired) electrons. The number of carbonyl (C=O) groups excluding carboxylic acids is 1. The summed E-state index contributed by atoms with van der Waals surface area (Å²) in [6.45, 7) is 7.13. The Morgan fingerprint density at radius 3 is 2.24 bits per heavy atom. The summed E-state index contributed by atoms with van der Waals surface area (Å²) in [6.07, 6.45) is 0. The summed E-state index contributed by atoms with van der Waals surface area (Å²) in [6, 6.07) is 23.9. The minimum atomic E-state index is -0.372. The maximum atomic E-state index is 13.8. The second kappa shape index (κ2) is 11.0. The van der Waals surface area contributed by atoms with Crippen LogP contribution >= 0.6 is 0 Å². The Kier molecular flexibility index (Phi) is 7.12. The molecule has 1 aliphatic rings. The molecule has 0 fully saturated rings. The summed E-state index contributed by atoms with van der Waals surface area (Å²) in [4.78, 5) is 40.1. The molecule has 0 bridgehead atoms. The van der Waals surface area contributed by atoms with E-state index >= 15 is 0 Å². The summed E-state index contributed by atoms with van der Waals surface area (Å²) in [5, 5.41) is 3.40. The highest BCUT2D eigenvalue weighted by Gasteiger charge is 2.17. The quantitative estimate of drug-likeness (QED) is 0.307. The molecule has 5 aromatic rings. The molecule has 8 nitrogen and oxygen atoms in total. The SMILES string of the molecule is Cc1cc(C)c(Cn2c(=O)n(Cc3ccc(C(=O)NCc4ccc5c(c4)OCO5)cc3)c(=O)c3ccccc32)c(C)c1. The van der Waals surface area contributed by atoms with Crippen molar-refractivity contribution in [1.82, 2.24) is 14.5 Å². The van der Waals surface area contributed by atoms with Crippen molar-refractivity contribution in [3.8, 4) is 11.5 Å². The Morgan fingerprint density at radius 1 is 0.786 bits per heavy atom. The van der Waals surface area contributed by atoms with Crippen molar-refractivity contribution in [2.45, 2.75) is 40.4 Å². The van der Waals surface area contributed by atoms with Gasteiger partial charge in [-0.1, -0.05) is 48.0 Å². The van der Waals surface area contributed by atoms with E-state index in [0.29, 0.717) is 41.1 Å². The van der Waals surface area contributed by atoms with Gasteiger partial charge in [0.25, 0.3) is 11.5 Å². The normalized spacial score (nSPS) is 12.1. The van der Waals surface area contributed by atoms with Crippen LogP contribution in [0.4, 0.5) is 0 Å². The molecule has 4 aromatic carbocycles. The molecule has 0 atom stereocenters. The lowest BCUT2D eigenvalue weighted by molar-refractivity contribution is 0.0951. The first-order valence-corrected chi connectivity index (χ1v) is 13.8. The monoisotopic (exact) mass is 561 g/mol. The molecule has 0 aliphatic carbocycles. The molecule has 0 spiro atoms. The number of aryl methyl sites for hydroxylation is 3. The van der Waals surface area contributed by atoms with Crippen LogP contribution in [-0.2, 0) is 19.6 Å². The third-order valence-electron chi connectivity index (χ3n) is 7.74. The molecule has 1 amide bonds. The fourth-order valence-electron chi connectivity index (χ4n) is 5.56. The third-order valence-corrected chi connectivity index (χ3v) is 7.74. The molecule has 2 heterocycles. The molecule has 0 saturated heterocycles. The van der Waals surface area contributed by atoms with Crippen LogP contribution in [0.2, 0.25) is 0 Å². The fourth-order valence-corrected chi connectivity index (χ4v) is 5.56. The zero-order valence-electron chi connectivity index (χ0n) is 23.8. The Labute approximate surface area is 242 Å². The average molecular weight is 562 g/mol. The first-order valence-electron chi connectivity index (χ1n) is 13.8. The van der Waals surface area contributed by atoms with E-state index in [0.717, 1.165) is 27.8 Å². The van der Waals surface area contributed by atoms with E-state index in [1.807, 2.05) is 50.2 Å². The van der Waals surface area contributed by atoms with E-state index in [1.54, 1.807) is 34.9 Å². The standard InChI is InChI=1S/C34H31N3O5/c1-21-14-22(2)28(23(3)15-21)19-36-29-7-5-4-6-27(29)33(39)37(34(36)40)18-24-8-11-26(12-9-24)32(38)35-17-25-10-13-30-31(16-25)42-20-41-30/h4-16H,17-20H2,1-3H3,(H,35,38). The van der Waals surface area contributed by atoms with Crippen molar-refractivity contribution in [3.05, 3.63) is 139 Å². The molecule has 6 rings (SSSR count). The van der Waals surface area contributed by atoms with E-state index in [1.165, 1.54) is 10.1 Å². The van der Waals surface area contributed by atoms with Crippen LogP contribution in [0.25, 0.3) is 10.9 Å². The van der Waals surface area contributed by atoms with Crippen molar-refractivity contribution >= 4 is 16.8 Å². The molecule has 1 aromatic heterocycles. The van der Waals surface area contributed by atoms with Gasteiger partial charge in [0, 0.05) is 12.1 Å². The van der Waals surface area contributed by atoms with E-state index in [2.05, 4.69) is 24.4 Å². The van der Waals surface area contributed by atoms with Crippen molar-refractivity contribution in [2.75, 3.05) is 6.79 Å². The van der Waals surface area contributed by atoms with E-state index in [4.69, 9.17) is 9.47 Å². The lowest BCUT2D eigenvalue weighted by Crippen LogP contribution is -2.40. The second-order valence-corrected chi connectivity index (χ2v) is 10.7. The van der Waals surface area contributed by atoms with Crippen molar-refractivity contribution in [2.24, 2.45) is 0 Å². The minimum Gasteiger partial charge on any atom is -0.454 e. The molecule has 8 heteroatoms. The topological polar surface area (TPSA) is 91.6 Å². The summed E-state index contributed by atoms with van der Waals surface area (Å²) in [7, 11) is 0. The number of para-hydroxylation sites is 1. The van der Waals surface area contributed by atoms with Gasteiger partial charge in [-0.25, -0.2) is 4.79 Å². The van der Waals surface area contributed by atoms with Crippen LogP contribution in [0.1, 0.15) is 43.7 Å². The van der Waals surface area contributed by atoms with Crippen LogP contribution in [0, 0.1) is 20.8 Å². The molecule has 0 unspecified atom stereocenters. The summed E-state index contributed by atoms with van der Waals surface area (Å²) < 4.78 is 13.7. The van der Waals surface area contributed by atoms with Gasteiger partial charge in [-0.15, -0.1) is 0 Å². The predicted molar refractivity (Wildman–Crippen MR) is 162 cm³/mol. The molecule has 1 N–H and O–H groups in total. The Morgan fingerprint density at radius 2 is 1.48 bits per heavy atom. The number of ether oxygens (including phenoxy) is 2. The predicted octanol–water partition coefficient (Wildman–Crippen LogP) is 4.84. The average Bonchev–Trinajstić information content (AvgIpc) is 3.46. The number of hydrogen-bond donors (Lipinski definition) is 1. The van der Waals surface area contributed by atoms with Gasteiger partial charge in [0.2, 0.25) is 6.79 Å². The molecular weight excluding hydrogens is 530 g/mol. The smallest absolute Gasteiger partial charge is 0.332 e. The molecule has 42 heavy (non-hydrogen) atoms. The molecule has 0 saturated carbocycles. The number of aromatic nitrogens is 2. The third kappa shape index (κ3) is 5.19. The summed E-state index contributed by atoms with van der Waals surface area (Å²) >= 11 is 0. The first kappa shape index (κ1) is 27.1. The largest absolute Gasteiger partial charge is 0.454 e. The highest BCUT2D eigenvalue weighted by Crippen LogP contribution is 2.32. The van der Waals surface area contributed by atoms with Crippen LogP contribution in [0.15, 0.2) is 88.5 Å². The van der Waals surface area contributed by atoms with Gasteiger partial charge < -0.3 is 14.8 Å². The molecular formula is C34H31N3O5. The van der Waals surface area contributed by atoms with Crippen molar-refractivity contribution in [1.29, 1.82) is 0 Å². The number of benzene rings is 4. The van der Waals surface area contributed by atoms with Gasteiger partial charge in [0.1, 0.15) is 0 Å². The lowest BCUT2D eigenvalue weighted by atomic mass is 9.99. The van der Waals surface area contributed by atoms with Gasteiger partial charge in [-0.2, -0.15) is 0 Å². The van der Waals surface area contributed by atoms with E-state index < -0.39 is 0 Å². The van der Waals surface area contributed by atoms with Crippen molar-refractivity contribution < 1.29 is 14.3 Å². The number of rotatable bonds is 7. The zero-order chi connectivity index (χ0) is 29.4. The fraction of sp³-hybridized carbons (Fsp3) is 0.206. The lowest BCUT2D eigenvalue weighted by Gasteiger charge is -2.17. The summed E-state index contributed by atoms with van der Waals surface area (Å²) in [5.74, 6) is 1.13. The van der Waals surface area contributed by atoms with Crippen molar-refractivity contribution in [3.63, 3.8) is 0 Å². The maximum absolute atomic E-state index is 13.8. The minimum absolute atomic E-state index is 0.0907. The van der Waals surface area contributed by atoms with E-state index in [9.17, 15) is 14.4 Å². The van der Waals surface area contributed by atoms with Gasteiger partial charge in [-0.3, -0.25) is 18.7 Å². The number of amides is 1. The van der Waals surface area contributed by atoms with E-state index in [-0.39, 0.29) is 30.5 Å². The van der Waals surface area contributed by atoms with Gasteiger partial charge in [0.05, 0.1) is 24.0 Å². The second-order valence-electron chi connectivity index (χ2n) is 10.7. The molecule has 1 aliphatic heterocycles. The van der Waals surface area contributed by atoms with Crippen LogP contribution in [-0.4, -0.2) is 21.8 Å². The molecule has 212 valence electrons. The summed E-state index contributed by atoms with van der Waals surface area (Å²) in [5.41, 5.74) is 6.46. The van der Waals surface area contributed by atoms with Crippen LogP contribution in [0.3, 0.4) is 0 Å². The Balaban J connectivity index is 1.25. The van der Waals surface area contributed by atoms with Gasteiger partial charge in [0.15, 0.2) is 11.5 Å². The number of fused-ring (bicyclic) bond motifs is 2. The maximum Gasteiger partial charge on any atom is 0.332 e. The Hall–Kier alpha value is -5.11. The number of hydrogen-bond acceptors (Lipinski definition) is 5. The van der Waals surface area contributed by atoms with Crippen LogP contribution in [0.5, 0.6) is 11.5 Å². The zero-order valence-corrected chi connectivity index (χ0v) is 23.8. The highest BCUT2D eigenvalue weighted by atomic mass is 16.7.